The number of pyridine rings is 1. The van der Waals surface area contributed by atoms with Crippen LogP contribution in [0.25, 0.3) is 22.4 Å². The summed E-state index contributed by atoms with van der Waals surface area (Å²) in [5.41, 5.74) is 6.13. The van der Waals surface area contributed by atoms with Crippen LogP contribution >= 0.6 is 0 Å². The van der Waals surface area contributed by atoms with Gasteiger partial charge in [-0.15, -0.1) is 0 Å². The monoisotopic (exact) mass is 517 g/mol. The number of benzene rings is 1. The summed E-state index contributed by atoms with van der Waals surface area (Å²) in [6.45, 7) is 15.9. The van der Waals surface area contributed by atoms with Gasteiger partial charge in [0.25, 0.3) is 0 Å². The molecule has 1 aromatic carbocycles. The van der Waals surface area contributed by atoms with Crippen LogP contribution in [0.5, 0.6) is 0 Å². The Hall–Kier alpha value is -2.93. The summed E-state index contributed by atoms with van der Waals surface area (Å²) in [7, 11) is 1.84. The Bertz CT molecular complexity index is 1380. The lowest BCUT2D eigenvalue weighted by Crippen LogP contribution is -2.48. The van der Waals surface area contributed by atoms with E-state index in [0.29, 0.717) is 24.3 Å². The highest BCUT2D eigenvalue weighted by molar-refractivity contribution is 5.81. The first-order valence-corrected chi connectivity index (χ1v) is 14.2. The molecule has 2 aliphatic rings. The SMILES string of the molecule is CC(C)Cc1cc(-c2cccc(CN3CCN(C(=O)C4CC4)CC3)c2)nc2c1n(CC(C)(C)C)c(=O)n2C. The smallest absolute Gasteiger partial charge is 0.330 e. The second kappa shape index (κ2) is 10.3. The van der Waals surface area contributed by atoms with E-state index < -0.39 is 0 Å². The number of piperazine rings is 1. The van der Waals surface area contributed by atoms with Crippen LogP contribution in [0.1, 0.15) is 58.6 Å². The highest BCUT2D eigenvalue weighted by Gasteiger charge is 2.34. The molecule has 7 nitrogen and oxygen atoms in total. The molecule has 3 aromatic rings. The van der Waals surface area contributed by atoms with E-state index in [1.807, 2.05) is 11.6 Å². The van der Waals surface area contributed by atoms with Crippen LogP contribution in [-0.4, -0.2) is 56.0 Å². The lowest BCUT2D eigenvalue weighted by Gasteiger charge is -2.35. The molecule has 5 rings (SSSR count). The molecule has 7 heteroatoms. The molecule has 0 bridgehead atoms. The molecule has 1 saturated heterocycles. The van der Waals surface area contributed by atoms with Gasteiger partial charge in [-0.05, 0) is 53.9 Å². The summed E-state index contributed by atoms with van der Waals surface area (Å²) in [6.07, 6.45) is 3.03. The second-order valence-electron chi connectivity index (χ2n) is 13.0. The van der Waals surface area contributed by atoms with Gasteiger partial charge in [0, 0.05) is 57.8 Å². The van der Waals surface area contributed by atoms with E-state index in [4.69, 9.17) is 4.98 Å². The molecular weight excluding hydrogens is 474 g/mol. The van der Waals surface area contributed by atoms with E-state index in [0.717, 1.165) is 74.4 Å². The van der Waals surface area contributed by atoms with Crippen LogP contribution in [0.2, 0.25) is 0 Å². The van der Waals surface area contributed by atoms with Crippen LogP contribution in [0, 0.1) is 17.3 Å². The summed E-state index contributed by atoms with van der Waals surface area (Å²) in [5, 5.41) is 0. The van der Waals surface area contributed by atoms with Crippen LogP contribution in [0.15, 0.2) is 35.1 Å². The number of rotatable bonds is 7. The van der Waals surface area contributed by atoms with Crippen LogP contribution in [-0.2, 0) is 31.4 Å². The number of carbonyl (C=O) groups excluding carboxylic acids is 1. The molecular formula is C31H43N5O2. The fourth-order valence-corrected chi connectivity index (χ4v) is 5.64. The molecule has 38 heavy (non-hydrogen) atoms. The molecule has 204 valence electrons. The molecule has 0 atom stereocenters. The van der Waals surface area contributed by atoms with Crippen molar-refractivity contribution in [2.24, 2.45) is 24.3 Å². The number of carbonyl (C=O) groups is 1. The fourth-order valence-electron chi connectivity index (χ4n) is 5.64. The highest BCUT2D eigenvalue weighted by Crippen LogP contribution is 2.32. The maximum atomic E-state index is 13.3. The second-order valence-corrected chi connectivity index (χ2v) is 13.0. The Balaban J connectivity index is 1.43. The van der Waals surface area contributed by atoms with Crippen molar-refractivity contribution in [1.82, 2.24) is 23.9 Å². The van der Waals surface area contributed by atoms with E-state index in [-0.39, 0.29) is 11.1 Å². The van der Waals surface area contributed by atoms with E-state index in [1.165, 1.54) is 11.1 Å². The van der Waals surface area contributed by atoms with Crippen molar-refractivity contribution in [2.75, 3.05) is 26.2 Å². The molecule has 0 spiro atoms. The van der Waals surface area contributed by atoms with Crippen LogP contribution in [0.4, 0.5) is 0 Å². The number of nitrogens with zero attached hydrogens (tertiary/aromatic N) is 5. The Morgan fingerprint density at radius 1 is 1.08 bits per heavy atom. The van der Waals surface area contributed by atoms with Gasteiger partial charge in [0.15, 0.2) is 5.65 Å². The summed E-state index contributed by atoms with van der Waals surface area (Å²) in [5.74, 6) is 1.12. The molecule has 0 N–H and O–H groups in total. The van der Waals surface area contributed by atoms with Gasteiger partial charge in [-0.1, -0.05) is 52.8 Å². The Morgan fingerprint density at radius 3 is 2.42 bits per heavy atom. The van der Waals surface area contributed by atoms with E-state index in [1.54, 1.807) is 4.57 Å². The number of fused-ring (bicyclic) bond motifs is 1. The van der Waals surface area contributed by atoms with Crippen molar-refractivity contribution in [3.8, 4) is 11.3 Å². The number of hydrogen-bond donors (Lipinski definition) is 0. The standard InChI is InChI=1S/C31H43N5O2/c1-21(2)16-25-18-26(32-28-27(25)36(20-31(3,4)5)30(38)33(28)6)24-9-7-8-22(17-24)19-34-12-14-35(15-13-34)29(37)23-10-11-23/h7-9,17-18,21,23H,10-16,19-20H2,1-6H3. The number of aryl methyl sites for hydroxylation is 1. The third-order valence-corrected chi connectivity index (χ3v) is 7.66. The number of imidazole rings is 1. The fraction of sp³-hybridized carbons (Fsp3) is 0.581. The van der Waals surface area contributed by atoms with E-state index >= 15 is 0 Å². The van der Waals surface area contributed by atoms with Gasteiger partial charge in [-0.25, -0.2) is 9.78 Å². The van der Waals surface area contributed by atoms with Gasteiger partial charge in [-0.2, -0.15) is 0 Å². The largest absolute Gasteiger partial charge is 0.340 e. The van der Waals surface area contributed by atoms with Crippen molar-refractivity contribution in [2.45, 2.75) is 67.0 Å². The first kappa shape index (κ1) is 26.7. The van der Waals surface area contributed by atoms with Crippen LogP contribution < -0.4 is 5.69 Å². The summed E-state index contributed by atoms with van der Waals surface area (Å²) < 4.78 is 3.63. The minimum Gasteiger partial charge on any atom is -0.340 e. The van der Waals surface area contributed by atoms with E-state index in [9.17, 15) is 9.59 Å². The third-order valence-electron chi connectivity index (χ3n) is 7.66. The van der Waals surface area contributed by atoms with Gasteiger partial charge in [0.05, 0.1) is 11.2 Å². The van der Waals surface area contributed by atoms with Crippen molar-refractivity contribution in [3.05, 3.63) is 51.9 Å². The average molecular weight is 518 g/mol. The van der Waals surface area contributed by atoms with Gasteiger partial charge in [0.2, 0.25) is 5.91 Å². The predicted octanol–water partition coefficient (Wildman–Crippen LogP) is 4.70. The van der Waals surface area contributed by atoms with Crippen molar-refractivity contribution in [1.29, 1.82) is 0 Å². The quantitative estimate of drug-likeness (QED) is 0.456. The van der Waals surface area contributed by atoms with Crippen molar-refractivity contribution < 1.29 is 4.79 Å². The van der Waals surface area contributed by atoms with E-state index in [2.05, 4.69) is 74.8 Å². The average Bonchev–Trinajstić information content (AvgIpc) is 3.68. The Kier molecular flexibility index (Phi) is 7.25. The molecule has 1 aliphatic carbocycles. The first-order chi connectivity index (χ1) is 18.0. The minimum absolute atomic E-state index is 0.00218. The number of amides is 1. The molecule has 3 heterocycles. The van der Waals surface area contributed by atoms with Crippen LogP contribution in [0.3, 0.4) is 0 Å². The lowest BCUT2D eigenvalue weighted by atomic mass is 9.96. The highest BCUT2D eigenvalue weighted by atomic mass is 16.2. The minimum atomic E-state index is -0.0170. The molecule has 1 aliphatic heterocycles. The van der Waals surface area contributed by atoms with Crippen molar-refractivity contribution in [3.63, 3.8) is 0 Å². The summed E-state index contributed by atoms with van der Waals surface area (Å²) >= 11 is 0. The summed E-state index contributed by atoms with van der Waals surface area (Å²) in [4.78, 5) is 35.2. The van der Waals surface area contributed by atoms with Crippen molar-refractivity contribution >= 4 is 17.1 Å². The normalized spacial score (nSPS) is 17.1. The number of hydrogen-bond acceptors (Lipinski definition) is 4. The first-order valence-electron chi connectivity index (χ1n) is 14.2. The molecule has 2 fully saturated rings. The maximum absolute atomic E-state index is 13.3. The Morgan fingerprint density at radius 2 is 1.79 bits per heavy atom. The zero-order valence-corrected chi connectivity index (χ0v) is 24.0. The molecule has 1 saturated carbocycles. The lowest BCUT2D eigenvalue weighted by molar-refractivity contribution is -0.134. The Labute approximate surface area is 226 Å². The molecule has 0 radical (unpaired) electrons. The number of aromatic nitrogens is 3. The van der Waals surface area contributed by atoms with Gasteiger partial charge >= 0.3 is 5.69 Å². The third kappa shape index (κ3) is 5.73. The van der Waals surface area contributed by atoms with Gasteiger partial charge in [0.1, 0.15) is 0 Å². The van der Waals surface area contributed by atoms with Gasteiger partial charge < -0.3 is 4.90 Å². The summed E-state index contributed by atoms with van der Waals surface area (Å²) in [6, 6.07) is 10.8. The molecule has 0 unspecified atom stereocenters. The molecule has 2 aromatic heterocycles. The maximum Gasteiger partial charge on any atom is 0.330 e. The molecule has 1 amide bonds. The predicted molar refractivity (Wildman–Crippen MR) is 153 cm³/mol. The zero-order chi connectivity index (χ0) is 27.2. The zero-order valence-electron chi connectivity index (χ0n) is 24.0. The van der Waals surface area contributed by atoms with Gasteiger partial charge in [-0.3, -0.25) is 18.8 Å². The topological polar surface area (TPSA) is 63.4 Å².